The first-order valence-electron chi connectivity index (χ1n) is 7.09. The number of amides is 1. The third kappa shape index (κ3) is 2.84. The predicted molar refractivity (Wildman–Crippen MR) is 87.4 cm³/mol. The van der Waals surface area contributed by atoms with E-state index in [-0.39, 0.29) is 5.91 Å². The van der Waals surface area contributed by atoms with Crippen molar-refractivity contribution in [2.45, 2.75) is 6.42 Å². The molecule has 4 nitrogen and oxygen atoms in total. The Bertz CT molecular complexity index is 679. The maximum absolute atomic E-state index is 12.3. The summed E-state index contributed by atoms with van der Waals surface area (Å²) in [5.74, 6) is -0.0791. The molecule has 0 aliphatic carbocycles. The van der Waals surface area contributed by atoms with Crippen LogP contribution in [0.2, 0.25) is 0 Å². The van der Waals surface area contributed by atoms with Crippen molar-refractivity contribution in [2.75, 3.05) is 36.2 Å². The summed E-state index contributed by atoms with van der Waals surface area (Å²) < 4.78 is 0. The number of hydrogen-bond donors (Lipinski definition) is 2. The second-order valence-corrected chi connectivity index (χ2v) is 5.45. The molecule has 1 heterocycles. The standard InChI is InChI=1S/C17H19N3O/c1-20(2)15-5-3-4-13(11-15)17(21)19-14-6-7-16-12(10-14)8-9-18-16/h3-7,10-11,18H,8-9H2,1-2H3,(H,19,21). The first kappa shape index (κ1) is 13.5. The molecule has 0 aromatic heterocycles. The summed E-state index contributed by atoms with van der Waals surface area (Å²) in [5, 5.41) is 6.28. The summed E-state index contributed by atoms with van der Waals surface area (Å²) in [4.78, 5) is 14.3. The number of nitrogens with one attached hydrogen (secondary N) is 2. The molecule has 0 bridgehead atoms. The van der Waals surface area contributed by atoms with Gasteiger partial charge >= 0.3 is 0 Å². The van der Waals surface area contributed by atoms with Crippen LogP contribution in [0.3, 0.4) is 0 Å². The van der Waals surface area contributed by atoms with Crippen LogP contribution < -0.4 is 15.5 Å². The molecule has 2 N–H and O–H groups in total. The van der Waals surface area contributed by atoms with Gasteiger partial charge in [-0.1, -0.05) is 6.07 Å². The highest BCUT2D eigenvalue weighted by atomic mass is 16.1. The van der Waals surface area contributed by atoms with Crippen LogP contribution in [0.25, 0.3) is 0 Å². The summed E-state index contributed by atoms with van der Waals surface area (Å²) in [6.07, 6.45) is 1.01. The number of anilines is 3. The Labute approximate surface area is 124 Å². The largest absolute Gasteiger partial charge is 0.384 e. The van der Waals surface area contributed by atoms with E-state index >= 15 is 0 Å². The topological polar surface area (TPSA) is 44.4 Å². The predicted octanol–water partition coefficient (Wildman–Crippen LogP) is 2.97. The van der Waals surface area contributed by atoms with Crippen LogP contribution in [0.5, 0.6) is 0 Å². The molecule has 2 aromatic rings. The average Bonchev–Trinajstić information content (AvgIpc) is 2.95. The molecule has 21 heavy (non-hydrogen) atoms. The number of rotatable bonds is 3. The maximum Gasteiger partial charge on any atom is 0.255 e. The molecule has 0 spiro atoms. The summed E-state index contributed by atoms with van der Waals surface area (Å²) in [6, 6.07) is 13.6. The van der Waals surface area contributed by atoms with Crippen LogP contribution in [-0.4, -0.2) is 26.5 Å². The van der Waals surface area contributed by atoms with Crippen molar-refractivity contribution >= 4 is 23.0 Å². The van der Waals surface area contributed by atoms with E-state index in [1.54, 1.807) is 0 Å². The molecule has 0 saturated heterocycles. The minimum atomic E-state index is -0.0791. The van der Waals surface area contributed by atoms with Crippen molar-refractivity contribution in [1.29, 1.82) is 0 Å². The Morgan fingerprint density at radius 1 is 1.19 bits per heavy atom. The van der Waals surface area contributed by atoms with Crippen LogP contribution in [0.15, 0.2) is 42.5 Å². The zero-order valence-electron chi connectivity index (χ0n) is 12.3. The SMILES string of the molecule is CN(C)c1cccc(C(=O)Nc2ccc3c(c2)CCN3)c1. The molecule has 1 aliphatic rings. The third-order valence-electron chi connectivity index (χ3n) is 3.70. The van der Waals surface area contributed by atoms with Crippen molar-refractivity contribution in [3.63, 3.8) is 0 Å². The molecule has 3 rings (SSSR count). The van der Waals surface area contributed by atoms with Gasteiger partial charge in [-0.15, -0.1) is 0 Å². The van der Waals surface area contributed by atoms with Gasteiger partial charge in [0.2, 0.25) is 0 Å². The van der Waals surface area contributed by atoms with Crippen molar-refractivity contribution < 1.29 is 4.79 Å². The fourth-order valence-electron chi connectivity index (χ4n) is 2.51. The van der Waals surface area contributed by atoms with Crippen molar-refractivity contribution in [2.24, 2.45) is 0 Å². The van der Waals surface area contributed by atoms with E-state index < -0.39 is 0 Å². The zero-order valence-corrected chi connectivity index (χ0v) is 12.3. The van der Waals surface area contributed by atoms with E-state index in [4.69, 9.17) is 0 Å². The lowest BCUT2D eigenvalue weighted by atomic mass is 10.1. The number of benzene rings is 2. The van der Waals surface area contributed by atoms with Crippen LogP contribution in [0, 0.1) is 0 Å². The number of carbonyl (C=O) groups is 1. The van der Waals surface area contributed by atoms with Gasteiger partial charge in [-0.05, 0) is 48.4 Å². The monoisotopic (exact) mass is 281 g/mol. The fourth-order valence-corrected chi connectivity index (χ4v) is 2.51. The minimum Gasteiger partial charge on any atom is -0.384 e. The summed E-state index contributed by atoms with van der Waals surface area (Å²) >= 11 is 0. The van der Waals surface area contributed by atoms with Gasteiger partial charge in [-0.2, -0.15) is 0 Å². The molecule has 0 saturated carbocycles. The lowest BCUT2D eigenvalue weighted by molar-refractivity contribution is 0.102. The van der Waals surface area contributed by atoms with E-state index in [0.29, 0.717) is 5.56 Å². The Hall–Kier alpha value is -2.49. The zero-order chi connectivity index (χ0) is 14.8. The molecular formula is C17H19N3O. The highest BCUT2D eigenvalue weighted by Gasteiger charge is 2.12. The number of nitrogens with zero attached hydrogens (tertiary/aromatic N) is 1. The maximum atomic E-state index is 12.3. The molecule has 0 unspecified atom stereocenters. The molecule has 4 heteroatoms. The van der Waals surface area contributed by atoms with Crippen LogP contribution in [0.1, 0.15) is 15.9 Å². The molecule has 0 atom stereocenters. The van der Waals surface area contributed by atoms with Gasteiger partial charge in [0.15, 0.2) is 0 Å². The van der Waals surface area contributed by atoms with Gasteiger partial charge in [0, 0.05) is 43.3 Å². The number of hydrogen-bond acceptors (Lipinski definition) is 3. The fraction of sp³-hybridized carbons (Fsp3) is 0.235. The minimum absolute atomic E-state index is 0.0791. The van der Waals surface area contributed by atoms with Gasteiger partial charge < -0.3 is 15.5 Å². The van der Waals surface area contributed by atoms with E-state index in [2.05, 4.69) is 10.6 Å². The second-order valence-electron chi connectivity index (χ2n) is 5.45. The summed E-state index contributed by atoms with van der Waals surface area (Å²) in [5.41, 5.74) is 4.95. The number of carbonyl (C=O) groups excluding carboxylic acids is 1. The second kappa shape index (κ2) is 5.48. The van der Waals surface area contributed by atoms with E-state index in [1.807, 2.05) is 61.5 Å². The van der Waals surface area contributed by atoms with E-state index in [9.17, 15) is 4.79 Å². The molecule has 0 fully saturated rings. The summed E-state index contributed by atoms with van der Waals surface area (Å²) in [6.45, 7) is 0.970. The molecular weight excluding hydrogens is 262 g/mol. The Balaban J connectivity index is 1.78. The van der Waals surface area contributed by atoms with Crippen molar-refractivity contribution in [3.8, 4) is 0 Å². The molecule has 108 valence electrons. The van der Waals surface area contributed by atoms with E-state index in [1.165, 1.54) is 11.3 Å². The number of fused-ring (bicyclic) bond motifs is 1. The van der Waals surface area contributed by atoms with Crippen LogP contribution in [0.4, 0.5) is 17.1 Å². The first-order valence-corrected chi connectivity index (χ1v) is 7.09. The van der Waals surface area contributed by atoms with Crippen LogP contribution >= 0.6 is 0 Å². The van der Waals surface area contributed by atoms with E-state index in [0.717, 1.165) is 24.3 Å². The lowest BCUT2D eigenvalue weighted by Crippen LogP contribution is -2.14. The normalized spacial score (nSPS) is 12.5. The van der Waals surface area contributed by atoms with Gasteiger partial charge in [-0.3, -0.25) is 4.79 Å². The lowest BCUT2D eigenvalue weighted by Gasteiger charge is -2.13. The quantitative estimate of drug-likeness (QED) is 0.909. The van der Waals surface area contributed by atoms with Gasteiger partial charge in [0.05, 0.1) is 0 Å². The van der Waals surface area contributed by atoms with Crippen LogP contribution in [-0.2, 0) is 6.42 Å². The highest BCUT2D eigenvalue weighted by Crippen LogP contribution is 2.25. The smallest absolute Gasteiger partial charge is 0.255 e. The highest BCUT2D eigenvalue weighted by molar-refractivity contribution is 6.05. The van der Waals surface area contributed by atoms with Gasteiger partial charge in [0.1, 0.15) is 0 Å². The Morgan fingerprint density at radius 2 is 2.05 bits per heavy atom. The summed E-state index contributed by atoms with van der Waals surface area (Å²) in [7, 11) is 3.93. The van der Waals surface area contributed by atoms with Crippen molar-refractivity contribution in [3.05, 3.63) is 53.6 Å². The molecule has 0 radical (unpaired) electrons. The molecule has 1 aliphatic heterocycles. The first-order chi connectivity index (χ1) is 10.1. The van der Waals surface area contributed by atoms with Crippen molar-refractivity contribution in [1.82, 2.24) is 0 Å². The Kier molecular flexibility index (Phi) is 3.52. The molecule has 1 amide bonds. The van der Waals surface area contributed by atoms with Gasteiger partial charge in [-0.25, -0.2) is 0 Å². The Morgan fingerprint density at radius 3 is 2.86 bits per heavy atom. The average molecular weight is 281 g/mol. The molecule has 2 aromatic carbocycles. The third-order valence-corrected chi connectivity index (χ3v) is 3.70. The van der Waals surface area contributed by atoms with Gasteiger partial charge in [0.25, 0.3) is 5.91 Å².